The highest BCUT2D eigenvalue weighted by Gasteiger charge is 2.54. The highest BCUT2D eigenvalue weighted by atomic mass is 35.5. The molecule has 2 aromatic rings. The monoisotopic (exact) mass is 510 g/mol. The second-order valence-electron chi connectivity index (χ2n) is 9.65. The summed E-state index contributed by atoms with van der Waals surface area (Å²) in [7, 11) is 0. The molecule has 5 rings (SSSR count). The van der Waals surface area contributed by atoms with Crippen LogP contribution in [-0.2, 0) is 14.3 Å². The molecule has 0 saturated carbocycles. The number of rotatable bonds is 6. The van der Waals surface area contributed by atoms with Crippen molar-refractivity contribution < 1.29 is 19.1 Å². The fourth-order valence-corrected chi connectivity index (χ4v) is 5.69. The van der Waals surface area contributed by atoms with Crippen molar-refractivity contribution >= 4 is 35.0 Å². The van der Waals surface area contributed by atoms with Gasteiger partial charge in [-0.25, -0.2) is 0 Å². The average Bonchev–Trinajstić information content (AvgIpc) is 3.52. The Labute approximate surface area is 216 Å². The Bertz CT molecular complexity index is 1110. The van der Waals surface area contributed by atoms with Crippen LogP contribution in [0.4, 0.5) is 5.69 Å². The average molecular weight is 511 g/mol. The van der Waals surface area contributed by atoms with E-state index in [1.807, 2.05) is 30.3 Å². The molecule has 2 aromatic carbocycles. The Morgan fingerprint density at radius 1 is 1.06 bits per heavy atom. The summed E-state index contributed by atoms with van der Waals surface area (Å²) < 4.78 is 5.58. The molecule has 0 bridgehead atoms. The highest BCUT2D eigenvalue weighted by Crippen LogP contribution is 2.39. The molecule has 0 aromatic heterocycles. The van der Waals surface area contributed by atoms with E-state index < -0.39 is 5.54 Å². The standard InChI is InChI=1S/C27H31ClN4O4/c28-23-11-5-4-10-22(23)25(34)30-14-12-27(13-15-30)26(35)31(19-32(27)20-7-2-1-3-8-20)18-24(33)29-17-21-9-6-16-36-21/h1-5,7-8,10-11,21H,6,9,12-19H2,(H,29,33). The molecule has 1 unspecified atom stereocenters. The van der Waals surface area contributed by atoms with Crippen LogP contribution in [0.15, 0.2) is 54.6 Å². The maximum atomic E-state index is 13.8. The number of para-hydroxylation sites is 1. The van der Waals surface area contributed by atoms with Gasteiger partial charge in [-0.1, -0.05) is 41.9 Å². The quantitative estimate of drug-likeness (QED) is 0.646. The van der Waals surface area contributed by atoms with E-state index in [-0.39, 0.29) is 30.4 Å². The molecule has 3 amide bonds. The van der Waals surface area contributed by atoms with Gasteiger partial charge in [-0.05, 0) is 49.9 Å². The van der Waals surface area contributed by atoms with Crippen molar-refractivity contribution in [3.8, 4) is 0 Å². The van der Waals surface area contributed by atoms with Gasteiger partial charge in [0, 0.05) is 31.9 Å². The maximum Gasteiger partial charge on any atom is 0.255 e. The summed E-state index contributed by atoms with van der Waals surface area (Å²) in [4.78, 5) is 45.1. The normalized spacial score (nSPS) is 21.3. The Hall–Kier alpha value is -3.10. The molecule has 3 fully saturated rings. The minimum Gasteiger partial charge on any atom is -0.376 e. The number of ether oxygens (including phenoxy) is 1. The molecule has 190 valence electrons. The number of carbonyl (C=O) groups is 3. The third kappa shape index (κ3) is 4.80. The molecule has 3 heterocycles. The lowest BCUT2D eigenvalue weighted by molar-refractivity contribution is -0.137. The molecule has 1 N–H and O–H groups in total. The molecule has 9 heteroatoms. The van der Waals surface area contributed by atoms with E-state index in [0.29, 0.717) is 49.7 Å². The van der Waals surface area contributed by atoms with E-state index in [2.05, 4.69) is 10.2 Å². The number of carbonyl (C=O) groups excluding carboxylic acids is 3. The first-order chi connectivity index (χ1) is 17.5. The van der Waals surface area contributed by atoms with Crippen molar-refractivity contribution in [3.63, 3.8) is 0 Å². The topological polar surface area (TPSA) is 82.2 Å². The summed E-state index contributed by atoms with van der Waals surface area (Å²) in [5.74, 6) is -0.378. The van der Waals surface area contributed by atoms with E-state index in [4.69, 9.17) is 16.3 Å². The molecule has 0 radical (unpaired) electrons. The lowest BCUT2D eigenvalue weighted by Crippen LogP contribution is -2.57. The second-order valence-corrected chi connectivity index (χ2v) is 10.1. The van der Waals surface area contributed by atoms with Gasteiger partial charge in [0.2, 0.25) is 5.91 Å². The number of amides is 3. The molecule has 3 aliphatic rings. The van der Waals surface area contributed by atoms with E-state index in [1.54, 1.807) is 34.1 Å². The molecule has 1 atom stereocenters. The minimum atomic E-state index is -0.798. The van der Waals surface area contributed by atoms with Gasteiger partial charge in [-0.2, -0.15) is 0 Å². The van der Waals surface area contributed by atoms with Crippen LogP contribution >= 0.6 is 11.6 Å². The molecule has 1 spiro atoms. The first-order valence-electron chi connectivity index (χ1n) is 12.5. The van der Waals surface area contributed by atoms with Crippen LogP contribution in [0, 0.1) is 0 Å². The van der Waals surface area contributed by atoms with E-state index in [1.165, 1.54) is 0 Å². The summed E-state index contributed by atoms with van der Waals surface area (Å²) in [5.41, 5.74) is 0.601. The first kappa shape index (κ1) is 24.6. The lowest BCUT2D eigenvalue weighted by atomic mass is 9.85. The van der Waals surface area contributed by atoms with Crippen molar-refractivity contribution in [3.05, 3.63) is 65.2 Å². The molecule has 3 aliphatic heterocycles. The predicted octanol–water partition coefficient (Wildman–Crippen LogP) is 2.92. The number of hydrogen-bond acceptors (Lipinski definition) is 5. The van der Waals surface area contributed by atoms with Crippen molar-refractivity contribution in [2.24, 2.45) is 0 Å². The van der Waals surface area contributed by atoms with Crippen LogP contribution in [-0.4, -0.2) is 78.6 Å². The highest BCUT2D eigenvalue weighted by molar-refractivity contribution is 6.33. The smallest absolute Gasteiger partial charge is 0.255 e. The fraction of sp³-hybridized carbons (Fsp3) is 0.444. The summed E-state index contributed by atoms with van der Waals surface area (Å²) in [6.07, 6.45) is 2.96. The van der Waals surface area contributed by atoms with Crippen LogP contribution in [0.5, 0.6) is 0 Å². The number of nitrogens with zero attached hydrogens (tertiary/aromatic N) is 3. The second kappa shape index (κ2) is 10.5. The summed E-state index contributed by atoms with van der Waals surface area (Å²) in [6.45, 7) is 2.38. The predicted molar refractivity (Wildman–Crippen MR) is 137 cm³/mol. The maximum absolute atomic E-state index is 13.8. The minimum absolute atomic E-state index is 0.00109. The van der Waals surface area contributed by atoms with E-state index in [9.17, 15) is 14.4 Å². The van der Waals surface area contributed by atoms with Gasteiger partial charge in [-0.3, -0.25) is 14.4 Å². The molecular weight excluding hydrogens is 480 g/mol. The van der Waals surface area contributed by atoms with E-state index in [0.717, 1.165) is 25.1 Å². The molecule has 3 saturated heterocycles. The van der Waals surface area contributed by atoms with Gasteiger partial charge in [0.25, 0.3) is 11.8 Å². The lowest BCUT2D eigenvalue weighted by Gasteiger charge is -2.43. The Morgan fingerprint density at radius 3 is 2.47 bits per heavy atom. The van der Waals surface area contributed by atoms with Crippen LogP contribution in [0.3, 0.4) is 0 Å². The van der Waals surface area contributed by atoms with Gasteiger partial charge in [0.15, 0.2) is 0 Å². The van der Waals surface area contributed by atoms with Crippen molar-refractivity contribution in [2.45, 2.75) is 37.3 Å². The Balaban J connectivity index is 1.30. The van der Waals surface area contributed by atoms with Crippen LogP contribution in [0.1, 0.15) is 36.0 Å². The van der Waals surface area contributed by atoms with Crippen LogP contribution in [0.2, 0.25) is 5.02 Å². The third-order valence-corrected chi connectivity index (χ3v) is 7.78. The zero-order chi connectivity index (χ0) is 25.1. The SMILES string of the molecule is O=C(CN1CN(c2ccccc2)C2(CCN(C(=O)c3ccccc3Cl)CC2)C1=O)NCC1CCCO1. The van der Waals surface area contributed by atoms with Gasteiger partial charge in [0.05, 0.1) is 23.4 Å². The van der Waals surface area contributed by atoms with Crippen LogP contribution < -0.4 is 10.2 Å². The van der Waals surface area contributed by atoms with Gasteiger partial charge in [0.1, 0.15) is 12.1 Å². The van der Waals surface area contributed by atoms with Gasteiger partial charge < -0.3 is 24.8 Å². The van der Waals surface area contributed by atoms with E-state index >= 15 is 0 Å². The Morgan fingerprint density at radius 2 is 1.78 bits per heavy atom. The van der Waals surface area contributed by atoms with Crippen molar-refractivity contribution in [1.29, 1.82) is 0 Å². The number of hydrogen-bond donors (Lipinski definition) is 1. The van der Waals surface area contributed by atoms with Crippen molar-refractivity contribution in [1.82, 2.24) is 15.1 Å². The van der Waals surface area contributed by atoms with Crippen molar-refractivity contribution in [2.75, 3.05) is 44.4 Å². The Kier molecular flexibility index (Phi) is 7.16. The first-order valence-corrected chi connectivity index (χ1v) is 12.9. The summed E-state index contributed by atoms with van der Waals surface area (Å²) in [5, 5.41) is 3.34. The molecule has 8 nitrogen and oxygen atoms in total. The number of likely N-dealkylation sites (tertiary alicyclic amines) is 1. The molecule has 0 aliphatic carbocycles. The molecular formula is C27H31ClN4O4. The summed E-state index contributed by atoms with van der Waals surface area (Å²) in [6, 6.07) is 16.8. The zero-order valence-electron chi connectivity index (χ0n) is 20.2. The summed E-state index contributed by atoms with van der Waals surface area (Å²) >= 11 is 6.26. The van der Waals surface area contributed by atoms with Gasteiger partial charge in [-0.15, -0.1) is 0 Å². The molecule has 36 heavy (non-hydrogen) atoms. The largest absolute Gasteiger partial charge is 0.376 e. The number of anilines is 1. The number of piperidine rings is 1. The van der Waals surface area contributed by atoms with Crippen LogP contribution in [0.25, 0.3) is 0 Å². The third-order valence-electron chi connectivity index (χ3n) is 7.45. The van der Waals surface area contributed by atoms with Gasteiger partial charge >= 0.3 is 0 Å². The fourth-order valence-electron chi connectivity index (χ4n) is 5.47. The number of nitrogens with one attached hydrogen (secondary N) is 1. The zero-order valence-corrected chi connectivity index (χ0v) is 21.0. The number of halogens is 1. The number of benzene rings is 2.